The zero-order valence-electron chi connectivity index (χ0n) is 10.2. The SMILES string of the molecule is C=CCc1cc(OC)c2c(c1O)C1CCC2C1. The van der Waals surface area contributed by atoms with Crippen molar-refractivity contribution in [2.24, 2.45) is 0 Å². The lowest BCUT2D eigenvalue weighted by Gasteiger charge is -2.21. The summed E-state index contributed by atoms with van der Waals surface area (Å²) in [5.41, 5.74) is 3.38. The van der Waals surface area contributed by atoms with Gasteiger partial charge in [0.05, 0.1) is 7.11 Å². The first-order valence-corrected chi connectivity index (χ1v) is 6.29. The van der Waals surface area contributed by atoms with Gasteiger partial charge in [0.2, 0.25) is 0 Å². The van der Waals surface area contributed by atoms with E-state index < -0.39 is 0 Å². The molecule has 2 unspecified atom stereocenters. The van der Waals surface area contributed by atoms with Crippen LogP contribution in [0.4, 0.5) is 0 Å². The molecule has 2 aliphatic carbocycles. The van der Waals surface area contributed by atoms with Crippen molar-refractivity contribution in [2.75, 3.05) is 7.11 Å². The molecule has 1 aromatic rings. The first-order valence-electron chi connectivity index (χ1n) is 6.29. The van der Waals surface area contributed by atoms with E-state index in [9.17, 15) is 5.11 Å². The van der Waals surface area contributed by atoms with Gasteiger partial charge < -0.3 is 9.84 Å². The van der Waals surface area contributed by atoms with Gasteiger partial charge in [-0.1, -0.05) is 6.08 Å². The maximum atomic E-state index is 10.4. The number of methoxy groups -OCH3 is 1. The van der Waals surface area contributed by atoms with Crippen molar-refractivity contribution in [3.05, 3.63) is 35.4 Å². The van der Waals surface area contributed by atoms with Gasteiger partial charge in [-0.3, -0.25) is 0 Å². The fraction of sp³-hybridized carbons (Fsp3) is 0.467. The fourth-order valence-corrected chi connectivity index (χ4v) is 3.56. The smallest absolute Gasteiger partial charge is 0.123 e. The van der Waals surface area contributed by atoms with Crippen LogP contribution in [0.2, 0.25) is 0 Å². The lowest BCUT2D eigenvalue weighted by molar-refractivity contribution is 0.400. The van der Waals surface area contributed by atoms with Crippen molar-refractivity contribution in [3.63, 3.8) is 0 Å². The number of benzene rings is 1. The van der Waals surface area contributed by atoms with Crippen LogP contribution in [-0.2, 0) is 6.42 Å². The molecule has 2 atom stereocenters. The Kier molecular flexibility index (Phi) is 2.39. The van der Waals surface area contributed by atoms with Crippen LogP contribution in [0.3, 0.4) is 0 Å². The molecule has 0 heterocycles. The number of fused-ring (bicyclic) bond motifs is 5. The summed E-state index contributed by atoms with van der Waals surface area (Å²) in [4.78, 5) is 0. The van der Waals surface area contributed by atoms with Gasteiger partial charge in [-0.05, 0) is 43.6 Å². The molecule has 2 nitrogen and oxygen atoms in total. The highest BCUT2D eigenvalue weighted by Gasteiger charge is 2.41. The molecule has 2 bridgehead atoms. The molecule has 0 saturated heterocycles. The van der Waals surface area contributed by atoms with Gasteiger partial charge in [-0.15, -0.1) is 6.58 Å². The van der Waals surface area contributed by atoms with E-state index in [1.165, 1.54) is 24.8 Å². The predicted octanol–water partition coefficient (Wildman–Crippen LogP) is 3.49. The van der Waals surface area contributed by atoms with E-state index in [0.717, 1.165) is 16.9 Å². The third-order valence-corrected chi connectivity index (χ3v) is 4.25. The minimum atomic E-state index is 0.493. The van der Waals surface area contributed by atoms with Gasteiger partial charge in [-0.25, -0.2) is 0 Å². The summed E-state index contributed by atoms with van der Waals surface area (Å²) >= 11 is 0. The Balaban J connectivity index is 2.20. The quantitative estimate of drug-likeness (QED) is 0.805. The third-order valence-electron chi connectivity index (χ3n) is 4.25. The number of hydrogen-bond donors (Lipinski definition) is 1. The molecule has 1 saturated carbocycles. The van der Waals surface area contributed by atoms with Gasteiger partial charge in [0, 0.05) is 16.7 Å². The van der Waals surface area contributed by atoms with E-state index in [0.29, 0.717) is 24.0 Å². The zero-order chi connectivity index (χ0) is 12.0. The van der Waals surface area contributed by atoms with Crippen molar-refractivity contribution < 1.29 is 9.84 Å². The third kappa shape index (κ3) is 1.40. The minimum absolute atomic E-state index is 0.493. The van der Waals surface area contributed by atoms with Crippen molar-refractivity contribution in [1.29, 1.82) is 0 Å². The highest BCUT2D eigenvalue weighted by Crippen LogP contribution is 2.59. The maximum Gasteiger partial charge on any atom is 0.123 e. The Hall–Kier alpha value is -1.44. The van der Waals surface area contributed by atoms with Gasteiger partial charge in [-0.2, -0.15) is 0 Å². The van der Waals surface area contributed by atoms with Gasteiger partial charge in [0.15, 0.2) is 0 Å². The molecular weight excluding hydrogens is 212 g/mol. The van der Waals surface area contributed by atoms with Crippen LogP contribution in [0, 0.1) is 0 Å². The molecule has 3 rings (SSSR count). The van der Waals surface area contributed by atoms with E-state index in [-0.39, 0.29) is 0 Å². The average Bonchev–Trinajstić information content (AvgIpc) is 2.93. The summed E-state index contributed by atoms with van der Waals surface area (Å²) in [7, 11) is 1.72. The first-order chi connectivity index (χ1) is 8.26. The van der Waals surface area contributed by atoms with Crippen LogP contribution in [-0.4, -0.2) is 12.2 Å². The van der Waals surface area contributed by atoms with Crippen LogP contribution in [0.15, 0.2) is 18.7 Å². The Morgan fingerprint density at radius 1 is 1.41 bits per heavy atom. The second-order valence-corrected chi connectivity index (χ2v) is 5.11. The number of allylic oxidation sites excluding steroid dienone is 1. The van der Waals surface area contributed by atoms with Gasteiger partial charge in [0.25, 0.3) is 0 Å². The van der Waals surface area contributed by atoms with E-state index >= 15 is 0 Å². The molecule has 0 amide bonds. The van der Waals surface area contributed by atoms with Crippen LogP contribution >= 0.6 is 0 Å². The number of phenolic OH excluding ortho intramolecular Hbond substituents is 1. The van der Waals surface area contributed by atoms with Crippen LogP contribution in [0.1, 0.15) is 47.8 Å². The molecule has 0 spiro atoms. The van der Waals surface area contributed by atoms with Crippen molar-refractivity contribution in [1.82, 2.24) is 0 Å². The summed E-state index contributed by atoms with van der Waals surface area (Å²) in [5.74, 6) is 2.61. The molecule has 1 aromatic carbocycles. The standard InChI is InChI=1S/C15H18O2/c1-3-4-11-8-12(17-2)13-9-5-6-10(7-9)14(13)15(11)16/h3,8-10,16H,1,4-7H2,2H3. The van der Waals surface area contributed by atoms with Crippen LogP contribution in [0.5, 0.6) is 11.5 Å². The molecule has 0 aromatic heterocycles. The fourth-order valence-electron chi connectivity index (χ4n) is 3.56. The number of ether oxygens (including phenoxy) is 1. The topological polar surface area (TPSA) is 29.5 Å². The van der Waals surface area contributed by atoms with Crippen molar-refractivity contribution in [2.45, 2.75) is 37.5 Å². The average molecular weight is 230 g/mol. The minimum Gasteiger partial charge on any atom is -0.507 e. The Morgan fingerprint density at radius 2 is 2.12 bits per heavy atom. The zero-order valence-corrected chi connectivity index (χ0v) is 10.2. The second-order valence-electron chi connectivity index (χ2n) is 5.11. The van der Waals surface area contributed by atoms with Crippen molar-refractivity contribution in [3.8, 4) is 11.5 Å². The number of hydrogen-bond acceptors (Lipinski definition) is 2. The molecule has 17 heavy (non-hydrogen) atoms. The highest BCUT2D eigenvalue weighted by atomic mass is 16.5. The van der Waals surface area contributed by atoms with Crippen LogP contribution < -0.4 is 4.74 Å². The van der Waals surface area contributed by atoms with E-state index in [4.69, 9.17) is 4.74 Å². The molecule has 2 heteroatoms. The van der Waals surface area contributed by atoms with Gasteiger partial charge >= 0.3 is 0 Å². The molecule has 90 valence electrons. The molecule has 0 aliphatic heterocycles. The van der Waals surface area contributed by atoms with Gasteiger partial charge in [0.1, 0.15) is 11.5 Å². The molecule has 1 N–H and O–H groups in total. The summed E-state index contributed by atoms with van der Waals surface area (Å²) in [6, 6.07) is 1.98. The largest absolute Gasteiger partial charge is 0.507 e. The summed E-state index contributed by atoms with van der Waals surface area (Å²) in [5, 5.41) is 10.4. The van der Waals surface area contributed by atoms with Crippen LogP contribution in [0.25, 0.3) is 0 Å². The molecular formula is C15H18O2. The predicted molar refractivity (Wildman–Crippen MR) is 67.9 cm³/mol. The lowest BCUT2D eigenvalue weighted by atomic mass is 9.88. The normalized spacial score (nSPS) is 24.8. The maximum absolute atomic E-state index is 10.4. The summed E-state index contributed by atoms with van der Waals surface area (Å²) in [6.07, 6.45) is 6.18. The van der Waals surface area contributed by atoms with Crippen molar-refractivity contribution >= 4 is 0 Å². The number of phenols is 1. The summed E-state index contributed by atoms with van der Waals surface area (Å²) < 4.78 is 5.51. The Morgan fingerprint density at radius 3 is 2.76 bits per heavy atom. The molecule has 1 fully saturated rings. The Labute approximate surface area is 102 Å². The number of rotatable bonds is 3. The van der Waals surface area contributed by atoms with E-state index in [1.54, 1.807) is 7.11 Å². The lowest BCUT2D eigenvalue weighted by Crippen LogP contribution is -2.03. The Bertz CT molecular complexity index is 476. The molecule has 0 radical (unpaired) electrons. The number of aromatic hydroxyl groups is 1. The molecule has 2 aliphatic rings. The monoisotopic (exact) mass is 230 g/mol. The van der Waals surface area contributed by atoms with E-state index in [2.05, 4.69) is 6.58 Å². The van der Waals surface area contributed by atoms with E-state index in [1.807, 2.05) is 12.1 Å². The summed E-state index contributed by atoms with van der Waals surface area (Å²) in [6.45, 7) is 3.74. The highest BCUT2D eigenvalue weighted by molar-refractivity contribution is 5.60. The first kappa shape index (κ1) is 10.7. The second kappa shape index (κ2) is 3.80.